The van der Waals surface area contributed by atoms with E-state index in [-0.39, 0.29) is 18.1 Å². The van der Waals surface area contributed by atoms with Crippen LogP contribution in [0, 0.1) is 19.3 Å². The first-order chi connectivity index (χ1) is 9.70. The van der Waals surface area contributed by atoms with Crippen molar-refractivity contribution in [3.05, 3.63) is 29.3 Å². The molecule has 0 bridgehead atoms. The van der Waals surface area contributed by atoms with E-state index >= 15 is 0 Å². The van der Waals surface area contributed by atoms with Gasteiger partial charge in [0, 0.05) is 4.90 Å². The number of benzene rings is 1. The summed E-state index contributed by atoms with van der Waals surface area (Å²) in [5.41, 5.74) is 0.686. The molecule has 1 unspecified atom stereocenters. The molecule has 0 saturated heterocycles. The lowest BCUT2D eigenvalue weighted by Crippen LogP contribution is -2.38. The average Bonchev–Trinajstić information content (AvgIpc) is 2.38. The van der Waals surface area contributed by atoms with Crippen LogP contribution in [0.15, 0.2) is 23.1 Å². The van der Waals surface area contributed by atoms with Crippen molar-refractivity contribution in [3.8, 4) is 0 Å². The van der Waals surface area contributed by atoms with Crippen LogP contribution in [0.5, 0.6) is 0 Å². The average molecular weight is 310 g/mol. The molecule has 0 fully saturated rings. The molecule has 116 valence electrons. The predicted octanol–water partition coefficient (Wildman–Crippen LogP) is 2.57. The van der Waals surface area contributed by atoms with E-state index in [1.165, 1.54) is 13.8 Å². The summed E-state index contributed by atoms with van der Waals surface area (Å²) in [7, 11) is -1.46. The molecule has 4 nitrogen and oxygen atoms in total. The molecule has 0 spiro atoms. The van der Waals surface area contributed by atoms with Crippen molar-refractivity contribution in [1.82, 2.24) is 0 Å². The highest BCUT2D eigenvalue weighted by Gasteiger charge is 2.38. The van der Waals surface area contributed by atoms with Gasteiger partial charge in [-0.15, -0.1) is 0 Å². The van der Waals surface area contributed by atoms with Crippen LogP contribution in [0.1, 0.15) is 31.9 Å². The highest BCUT2D eigenvalue weighted by molar-refractivity contribution is 7.85. The number of ketones is 1. The molecule has 0 aliphatic carbocycles. The Kier molecular flexibility index (Phi) is 5.84. The second kappa shape index (κ2) is 6.98. The van der Waals surface area contributed by atoms with Gasteiger partial charge < -0.3 is 4.74 Å². The minimum Gasteiger partial charge on any atom is -0.465 e. The van der Waals surface area contributed by atoms with Crippen molar-refractivity contribution in [2.75, 3.05) is 12.4 Å². The van der Waals surface area contributed by atoms with Crippen molar-refractivity contribution in [2.45, 2.75) is 39.5 Å². The molecule has 1 aromatic rings. The first-order valence-electron chi connectivity index (χ1n) is 6.86. The molecule has 0 aromatic heterocycles. The number of hydrogen-bond donors (Lipinski definition) is 0. The van der Waals surface area contributed by atoms with Gasteiger partial charge in [0.25, 0.3) is 0 Å². The maximum Gasteiger partial charge on any atom is 0.319 e. The zero-order valence-electron chi connectivity index (χ0n) is 13.2. The molecule has 0 saturated carbocycles. The quantitative estimate of drug-likeness (QED) is 0.598. The van der Waals surface area contributed by atoms with Gasteiger partial charge in [0.05, 0.1) is 23.2 Å². The van der Waals surface area contributed by atoms with Crippen molar-refractivity contribution in [2.24, 2.45) is 5.41 Å². The third kappa shape index (κ3) is 4.24. The monoisotopic (exact) mass is 310 g/mol. The molecule has 0 aliphatic rings. The summed E-state index contributed by atoms with van der Waals surface area (Å²) in [6.45, 7) is 8.73. The number of esters is 1. The molecule has 0 heterocycles. The van der Waals surface area contributed by atoms with Gasteiger partial charge in [0.2, 0.25) is 0 Å². The van der Waals surface area contributed by atoms with Gasteiger partial charge in [-0.2, -0.15) is 0 Å². The Morgan fingerprint density at radius 2 is 1.86 bits per heavy atom. The molecule has 0 radical (unpaired) electrons. The molecule has 1 aromatic carbocycles. The van der Waals surface area contributed by atoms with Crippen LogP contribution in [-0.2, 0) is 25.1 Å². The van der Waals surface area contributed by atoms with Crippen molar-refractivity contribution in [3.63, 3.8) is 0 Å². The number of aryl methyl sites for hydroxylation is 2. The Bertz CT molecular complexity index is 576. The molecule has 0 N–H and O–H groups in total. The van der Waals surface area contributed by atoms with E-state index in [4.69, 9.17) is 4.74 Å². The molecule has 1 rings (SSSR count). The van der Waals surface area contributed by atoms with Crippen LogP contribution in [0.4, 0.5) is 0 Å². The molecule has 0 aliphatic heterocycles. The van der Waals surface area contributed by atoms with E-state index in [9.17, 15) is 13.8 Å². The zero-order valence-corrected chi connectivity index (χ0v) is 14.0. The van der Waals surface area contributed by atoms with E-state index in [1.54, 1.807) is 13.0 Å². The van der Waals surface area contributed by atoms with Crippen LogP contribution in [0.25, 0.3) is 0 Å². The van der Waals surface area contributed by atoms with Gasteiger partial charge in [-0.1, -0.05) is 17.7 Å². The zero-order chi connectivity index (χ0) is 16.2. The predicted molar refractivity (Wildman–Crippen MR) is 82.6 cm³/mol. The fraction of sp³-hybridized carbons (Fsp3) is 0.500. The summed E-state index contributed by atoms with van der Waals surface area (Å²) in [5.74, 6) is -1.14. The number of hydrogen-bond acceptors (Lipinski definition) is 4. The fourth-order valence-corrected chi connectivity index (χ4v) is 3.25. The highest BCUT2D eigenvalue weighted by Crippen LogP contribution is 2.22. The number of carbonyl (C=O) groups is 2. The summed E-state index contributed by atoms with van der Waals surface area (Å²) < 4.78 is 17.2. The standard InChI is InChI=1S/C16H22O4S/c1-6-20-15(18)16(4,5)14(17)10-21(19)13-8-7-11(2)9-12(13)3/h7-9H,6,10H2,1-5H3. The SMILES string of the molecule is CCOC(=O)C(C)(C)C(=O)CS(=O)c1ccc(C)cc1C. The maximum atomic E-state index is 12.4. The van der Waals surface area contributed by atoms with Crippen LogP contribution in [-0.4, -0.2) is 28.3 Å². The summed E-state index contributed by atoms with van der Waals surface area (Å²) in [5, 5.41) is 0. The van der Waals surface area contributed by atoms with Gasteiger partial charge in [-0.25, -0.2) is 0 Å². The van der Waals surface area contributed by atoms with Crippen LogP contribution in [0.2, 0.25) is 0 Å². The highest BCUT2D eigenvalue weighted by atomic mass is 32.2. The van der Waals surface area contributed by atoms with E-state index < -0.39 is 22.2 Å². The van der Waals surface area contributed by atoms with E-state index in [2.05, 4.69) is 0 Å². The van der Waals surface area contributed by atoms with Crippen LogP contribution in [0.3, 0.4) is 0 Å². The van der Waals surface area contributed by atoms with Crippen LogP contribution >= 0.6 is 0 Å². The Morgan fingerprint density at radius 3 is 2.38 bits per heavy atom. The number of carbonyl (C=O) groups excluding carboxylic acids is 2. The first-order valence-corrected chi connectivity index (χ1v) is 8.18. The second-order valence-corrected chi connectivity index (χ2v) is 6.95. The normalized spacial score (nSPS) is 12.8. The van der Waals surface area contributed by atoms with E-state index in [0.717, 1.165) is 11.1 Å². The smallest absolute Gasteiger partial charge is 0.319 e. The summed E-state index contributed by atoms with van der Waals surface area (Å²) in [6, 6.07) is 5.56. The Hall–Kier alpha value is -1.49. The molecule has 1 atom stereocenters. The second-order valence-electron chi connectivity index (χ2n) is 5.53. The molecule has 5 heteroatoms. The van der Waals surface area contributed by atoms with E-state index in [0.29, 0.717) is 4.90 Å². The Balaban J connectivity index is 2.87. The molecule has 21 heavy (non-hydrogen) atoms. The van der Waals surface area contributed by atoms with Crippen molar-refractivity contribution < 1.29 is 18.5 Å². The number of rotatable bonds is 6. The summed E-state index contributed by atoms with van der Waals surface area (Å²) >= 11 is 0. The first kappa shape index (κ1) is 17.6. The van der Waals surface area contributed by atoms with Gasteiger partial charge in [-0.05, 0) is 46.2 Å². The van der Waals surface area contributed by atoms with Crippen molar-refractivity contribution >= 4 is 22.6 Å². The number of Topliss-reactive ketones (excluding diaryl/α,β-unsaturated/α-hetero) is 1. The van der Waals surface area contributed by atoms with Crippen molar-refractivity contribution in [1.29, 1.82) is 0 Å². The van der Waals surface area contributed by atoms with Crippen LogP contribution < -0.4 is 0 Å². The van der Waals surface area contributed by atoms with E-state index in [1.807, 2.05) is 26.0 Å². The lowest BCUT2D eigenvalue weighted by Gasteiger charge is -2.20. The van der Waals surface area contributed by atoms with Gasteiger partial charge in [0.15, 0.2) is 5.78 Å². The lowest BCUT2D eigenvalue weighted by atomic mass is 9.89. The van der Waals surface area contributed by atoms with Gasteiger partial charge >= 0.3 is 5.97 Å². The molecule has 0 amide bonds. The Labute approximate surface area is 128 Å². The Morgan fingerprint density at radius 1 is 1.24 bits per heavy atom. The largest absolute Gasteiger partial charge is 0.465 e. The third-order valence-corrected chi connectivity index (χ3v) is 4.79. The summed E-state index contributed by atoms with van der Waals surface area (Å²) in [6.07, 6.45) is 0. The molecular formula is C16H22O4S. The maximum absolute atomic E-state index is 12.4. The third-order valence-electron chi connectivity index (χ3n) is 3.32. The fourth-order valence-electron chi connectivity index (χ4n) is 1.86. The molecular weight excluding hydrogens is 288 g/mol. The summed E-state index contributed by atoms with van der Waals surface area (Å²) in [4.78, 5) is 24.7. The minimum atomic E-state index is -1.46. The van der Waals surface area contributed by atoms with Gasteiger partial charge in [0.1, 0.15) is 5.41 Å². The van der Waals surface area contributed by atoms with Gasteiger partial charge in [-0.3, -0.25) is 13.8 Å². The topological polar surface area (TPSA) is 60.4 Å². The number of ether oxygens (including phenoxy) is 1. The lowest BCUT2D eigenvalue weighted by molar-refractivity contribution is -0.157. The minimum absolute atomic E-state index is 0.185.